The summed E-state index contributed by atoms with van der Waals surface area (Å²) in [6.45, 7) is 2.40. The summed E-state index contributed by atoms with van der Waals surface area (Å²) in [6, 6.07) is 9.09. The molecule has 0 radical (unpaired) electrons. The van der Waals surface area contributed by atoms with Crippen LogP contribution in [0.5, 0.6) is 0 Å². The van der Waals surface area contributed by atoms with Crippen molar-refractivity contribution >= 4 is 5.91 Å². The molecule has 1 amide bonds. The Bertz CT molecular complexity index is 578. The number of ether oxygens (including phenoxy) is 1. The molecule has 1 atom stereocenters. The zero-order valence-electron chi connectivity index (χ0n) is 16.0. The van der Waals surface area contributed by atoms with Crippen molar-refractivity contribution in [1.29, 1.82) is 0 Å². The first-order valence-electron chi connectivity index (χ1n) is 9.59. The Morgan fingerprint density at radius 1 is 1.20 bits per heavy atom. The first kappa shape index (κ1) is 18.4. The van der Waals surface area contributed by atoms with Crippen LogP contribution in [0.3, 0.4) is 0 Å². The lowest BCUT2D eigenvalue weighted by Gasteiger charge is -2.46. The minimum Gasteiger partial charge on any atom is -0.384 e. The number of methoxy groups -OCH3 is 1. The molecule has 1 aliphatic carbocycles. The highest BCUT2D eigenvalue weighted by Gasteiger charge is 2.48. The molecule has 1 aliphatic heterocycles. The Balaban J connectivity index is 1.77. The molecule has 0 N–H and O–H groups in total. The van der Waals surface area contributed by atoms with Crippen LogP contribution in [0.2, 0.25) is 0 Å². The molecule has 0 spiro atoms. The predicted molar refractivity (Wildman–Crippen MR) is 100 cm³/mol. The van der Waals surface area contributed by atoms with Gasteiger partial charge in [-0.3, -0.25) is 4.79 Å². The maximum atomic E-state index is 13.3. The second-order valence-electron chi connectivity index (χ2n) is 8.06. The van der Waals surface area contributed by atoms with E-state index in [1.807, 2.05) is 0 Å². The van der Waals surface area contributed by atoms with Gasteiger partial charge in [0.1, 0.15) is 0 Å². The SMILES string of the molecule is COCC1(C(=O)N2CCCC[C@@H]2c2ccc(CN(C)C)cc2)CCC1. The third-order valence-electron chi connectivity index (χ3n) is 5.81. The molecular weight excluding hydrogens is 312 g/mol. The van der Waals surface area contributed by atoms with E-state index in [-0.39, 0.29) is 11.5 Å². The molecule has 1 saturated heterocycles. The van der Waals surface area contributed by atoms with Crippen LogP contribution in [-0.4, -0.2) is 50.1 Å². The predicted octanol–water partition coefficient (Wildman–Crippen LogP) is 3.62. The lowest BCUT2D eigenvalue weighted by molar-refractivity contribution is -0.156. The molecule has 0 unspecified atom stereocenters. The van der Waals surface area contributed by atoms with E-state index in [1.165, 1.54) is 17.5 Å². The highest BCUT2D eigenvalue weighted by Crippen LogP contribution is 2.45. The minimum atomic E-state index is -0.255. The normalized spacial score (nSPS) is 22.7. The van der Waals surface area contributed by atoms with Crippen LogP contribution in [0.4, 0.5) is 0 Å². The van der Waals surface area contributed by atoms with E-state index in [4.69, 9.17) is 4.74 Å². The fourth-order valence-corrected chi connectivity index (χ4v) is 4.34. The van der Waals surface area contributed by atoms with Gasteiger partial charge in [-0.2, -0.15) is 0 Å². The number of piperidine rings is 1. The molecule has 4 nitrogen and oxygen atoms in total. The Labute approximate surface area is 152 Å². The van der Waals surface area contributed by atoms with Crippen LogP contribution < -0.4 is 0 Å². The molecule has 3 rings (SSSR count). The summed E-state index contributed by atoms with van der Waals surface area (Å²) in [5.41, 5.74) is 2.34. The first-order valence-corrected chi connectivity index (χ1v) is 9.59. The third kappa shape index (κ3) is 3.90. The number of rotatable bonds is 6. The van der Waals surface area contributed by atoms with Crippen LogP contribution in [0.25, 0.3) is 0 Å². The number of nitrogens with zero attached hydrogens (tertiary/aromatic N) is 2. The van der Waals surface area contributed by atoms with Gasteiger partial charge in [-0.15, -0.1) is 0 Å². The van der Waals surface area contributed by atoms with Crippen molar-refractivity contribution in [3.05, 3.63) is 35.4 Å². The van der Waals surface area contributed by atoms with Crippen LogP contribution in [0.15, 0.2) is 24.3 Å². The third-order valence-corrected chi connectivity index (χ3v) is 5.81. The number of hydrogen-bond donors (Lipinski definition) is 0. The van der Waals surface area contributed by atoms with Gasteiger partial charge < -0.3 is 14.5 Å². The van der Waals surface area contributed by atoms with Crippen molar-refractivity contribution in [3.63, 3.8) is 0 Å². The van der Waals surface area contributed by atoms with Gasteiger partial charge in [0.2, 0.25) is 5.91 Å². The number of benzene rings is 1. The summed E-state index contributed by atoms with van der Waals surface area (Å²) >= 11 is 0. The molecule has 138 valence electrons. The second kappa shape index (κ2) is 7.88. The molecule has 0 aromatic heterocycles. The highest BCUT2D eigenvalue weighted by atomic mass is 16.5. The topological polar surface area (TPSA) is 32.8 Å². The van der Waals surface area contributed by atoms with E-state index in [1.54, 1.807) is 7.11 Å². The Kier molecular flexibility index (Phi) is 5.80. The molecule has 1 heterocycles. The molecule has 1 saturated carbocycles. The van der Waals surface area contributed by atoms with E-state index < -0.39 is 0 Å². The van der Waals surface area contributed by atoms with Crippen molar-refractivity contribution in [3.8, 4) is 0 Å². The number of amides is 1. The molecule has 1 aromatic carbocycles. The number of likely N-dealkylation sites (tertiary alicyclic amines) is 1. The lowest BCUT2D eigenvalue weighted by atomic mass is 9.68. The Hall–Kier alpha value is -1.39. The molecule has 25 heavy (non-hydrogen) atoms. The van der Waals surface area contributed by atoms with E-state index >= 15 is 0 Å². The fourth-order valence-electron chi connectivity index (χ4n) is 4.34. The largest absolute Gasteiger partial charge is 0.384 e. The Morgan fingerprint density at radius 2 is 1.92 bits per heavy atom. The molecule has 2 fully saturated rings. The van der Waals surface area contributed by atoms with Crippen LogP contribution in [-0.2, 0) is 16.1 Å². The summed E-state index contributed by atoms with van der Waals surface area (Å²) in [6.07, 6.45) is 6.49. The van der Waals surface area contributed by atoms with Gasteiger partial charge in [0, 0.05) is 20.2 Å². The molecule has 1 aromatic rings. The van der Waals surface area contributed by atoms with Gasteiger partial charge in [0.25, 0.3) is 0 Å². The van der Waals surface area contributed by atoms with Crippen molar-refractivity contribution in [1.82, 2.24) is 9.80 Å². The average Bonchev–Trinajstić information content (AvgIpc) is 2.58. The zero-order chi connectivity index (χ0) is 17.9. The van der Waals surface area contributed by atoms with Gasteiger partial charge in [0.05, 0.1) is 18.1 Å². The van der Waals surface area contributed by atoms with Gasteiger partial charge in [-0.25, -0.2) is 0 Å². The monoisotopic (exact) mass is 344 g/mol. The van der Waals surface area contributed by atoms with Crippen molar-refractivity contribution in [2.75, 3.05) is 34.4 Å². The molecule has 0 bridgehead atoms. The maximum Gasteiger partial charge on any atom is 0.231 e. The smallest absolute Gasteiger partial charge is 0.231 e. The van der Waals surface area contributed by atoms with Gasteiger partial charge >= 0.3 is 0 Å². The maximum absolute atomic E-state index is 13.3. The molecular formula is C21H32N2O2. The summed E-state index contributed by atoms with van der Waals surface area (Å²) in [5.74, 6) is 0.322. The van der Waals surface area contributed by atoms with Crippen molar-refractivity contribution in [2.45, 2.75) is 51.1 Å². The highest BCUT2D eigenvalue weighted by molar-refractivity contribution is 5.84. The summed E-state index contributed by atoms with van der Waals surface area (Å²) < 4.78 is 5.40. The van der Waals surface area contributed by atoms with Crippen molar-refractivity contribution < 1.29 is 9.53 Å². The average molecular weight is 344 g/mol. The van der Waals surface area contributed by atoms with Gasteiger partial charge in [-0.1, -0.05) is 30.7 Å². The lowest BCUT2D eigenvalue weighted by Crippen LogP contribution is -2.52. The van der Waals surface area contributed by atoms with E-state index in [2.05, 4.69) is 48.2 Å². The van der Waals surface area contributed by atoms with E-state index in [0.29, 0.717) is 12.5 Å². The number of carbonyl (C=O) groups is 1. The van der Waals surface area contributed by atoms with Gasteiger partial charge in [0.15, 0.2) is 0 Å². The minimum absolute atomic E-state index is 0.226. The van der Waals surface area contributed by atoms with Crippen molar-refractivity contribution in [2.24, 2.45) is 5.41 Å². The van der Waals surface area contributed by atoms with Crippen LogP contribution >= 0.6 is 0 Å². The quantitative estimate of drug-likeness (QED) is 0.790. The summed E-state index contributed by atoms with van der Waals surface area (Å²) in [5, 5.41) is 0. The molecule has 4 heteroatoms. The van der Waals surface area contributed by atoms with Gasteiger partial charge in [-0.05, 0) is 57.3 Å². The number of carbonyl (C=O) groups excluding carboxylic acids is 1. The fraction of sp³-hybridized carbons (Fsp3) is 0.667. The van der Waals surface area contributed by atoms with E-state index in [0.717, 1.165) is 45.2 Å². The number of hydrogen-bond acceptors (Lipinski definition) is 3. The Morgan fingerprint density at radius 3 is 2.48 bits per heavy atom. The zero-order valence-corrected chi connectivity index (χ0v) is 16.0. The van der Waals surface area contributed by atoms with E-state index in [9.17, 15) is 4.79 Å². The first-order chi connectivity index (χ1) is 12.1. The molecule has 2 aliphatic rings. The summed E-state index contributed by atoms with van der Waals surface area (Å²) in [4.78, 5) is 17.7. The second-order valence-corrected chi connectivity index (χ2v) is 8.06. The van der Waals surface area contributed by atoms with Crippen LogP contribution in [0.1, 0.15) is 55.7 Å². The standard InChI is InChI=1S/C21H32N2O2/c1-22(2)15-17-8-10-18(11-9-17)19-7-4-5-14-23(19)20(24)21(16-25-3)12-6-13-21/h8-11,19H,4-7,12-16H2,1-3H3/t19-/m1/s1. The summed E-state index contributed by atoms with van der Waals surface area (Å²) in [7, 11) is 5.89. The van der Waals surface area contributed by atoms with Crippen LogP contribution in [0, 0.1) is 5.41 Å².